The van der Waals surface area contributed by atoms with Crippen LogP contribution in [0, 0.1) is 5.92 Å². The summed E-state index contributed by atoms with van der Waals surface area (Å²) in [6.45, 7) is 0. The molecule has 1 aliphatic rings. The molecule has 3 N–H and O–H groups in total. The molecule has 0 bridgehead atoms. The van der Waals surface area contributed by atoms with Crippen LogP contribution in [0.15, 0.2) is 79.4 Å². The van der Waals surface area contributed by atoms with E-state index >= 15 is 0 Å². The molecular weight excluding hydrogens is 486 g/mol. The molecule has 5 heterocycles. The Balaban J connectivity index is 1.23. The van der Waals surface area contributed by atoms with E-state index in [9.17, 15) is 4.79 Å². The van der Waals surface area contributed by atoms with Crippen LogP contribution in [0.5, 0.6) is 0 Å². The van der Waals surface area contributed by atoms with Gasteiger partial charge in [0.2, 0.25) is 5.91 Å². The number of rotatable bonds is 5. The molecule has 8 heteroatoms. The summed E-state index contributed by atoms with van der Waals surface area (Å²) in [5.41, 5.74) is 7.93. The fraction of sp³-hybridized carbons (Fsp3) is 0.194. The fourth-order valence-electron chi connectivity index (χ4n) is 5.56. The summed E-state index contributed by atoms with van der Waals surface area (Å²) in [7, 11) is 0. The lowest BCUT2D eigenvalue weighted by Gasteiger charge is -2.20. The van der Waals surface area contributed by atoms with E-state index in [1.807, 2.05) is 48.7 Å². The Kier molecular flexibility index (Phi) is 5.85. The molecule has 39 heavy (non-hydrogen) atoms. The maximum atomic E-state index is 12.8. The zero-order valence-corrected chi connectivity index (χ0v) is 21.3. The van der Waals surface area contributed by atoms with Gasteiger partial charge in [-0.1, -0.05) is 31.4 Å². The largest absolute Gasteiger partial charge is 0.353 e. The van der Waals surface area contributed by atoms with Gasteiger partial charge >= 0.3 is 0 Å². The number of nitrogens with one attached hydrogen (secondary N) is 3. The predicted molar refractivity (Wildman–Crippen MR) is 153 cm³/mol. The number of H-pyrrole nitrogens is 2. The molecule has 7 rings (SSSR count). The highest BCUT2D eigenvalue weighted by Gasteiger charge is 2.21. The molecule has 0 unspecified atom stereocenters. The lowest BCUT2D eigenvalue weighted by molar-refractivity contribution is -0.120. The van der Waals surface area contributed by atoms with E-state index in [2.05, 4.69) is 47.6 Å². The highest BCUT2D eigenvalue weighted by Crippen LogP contribution is 2.34. The first-order chi connectivity index (χ1) is 19.2. The minimum atomic E-state index is 0.0944. The second-order valence-electron chi connectivity index (χ2n) is 10.1. The number of aromatic nitrogens is 6. The first-order valence-electron chi connectivity index (χ1n) is 13.4. The first kappa shape index (κ1) is 23.3. The minimum absolute atomic E-state index is 0.0944. The average Bonchev–Trinajstić information content (AvgIpc) is 3.62. The van der Waals surface area contributed by atoms with Gasteiger partial charge in [0.15, 0.2) is 0 Å². The van der Waals surface area contributed by atoms with Crippen molar-refractivity contribution in [3.05, 3.63) is 79.4 Å². The number of carbonyl (C=O) groups is 1. The van der Waals surface area contributed by atoms with E-state index < -0.39 is 0 Å². The smallest absolute Gasteiger partial charge is 0.227 e. The second-order valence-corrected chi connectivity index (χ2v) is 10.1. The standard InChI is InChI=1S/C31H27N7O/c39-31(19-6-2-1-3-7-19)35-22-14-21(17-32-18-22)20-9-10-26-23(15-20)30(38-37-26)28-16-24-25(36-28)11-13-34-29(24)27-8-4-5-12-33-27/h4-5,8-19,36H,1-3,6-7H2,(H,35,39)(H,37,38). The third-order valence-corrected chi connectivity index (χ3v) is 7.59. The number of anilines is 1. The van der Waals surface area contributed by atoms with Crippen LogP contribution in [0.2, 0.25) is 0 Å². The lowest BCUT2D eigenvalue weighted by atomic mass is 9.88. The Morgan fingerprint density at radius 1 is 0.821 bits per heavy atom. The third-order valence-electron chi connectivity index (χ3n) is 7.59. The van der Waals surface area contributed by atoms with Crippen LogP contribution in [-0.4, -0.2) is 36.0 Å². The summed E-state index contributed by atoms with van der Waals surface area (Å²) >= 11 is 0. The Labute approximate surface area is 224 Å². The van der Waals surface area contributed by atoms with Gasteiger partial charge in [0.05, 0.1) is 34.5 Å². The molecule has 0 radical (unpaired) electrons. The third kappa shape index (κ3) is 4.44. The molecule has 1 fully saturated rings. The van der Waals surface area contributed by atoms with Gasteiger partial charge < -0.3 is 10.3 Å². The van der Waals surface area contributed by atoms with Gasteiger partial charge in [-0.3, -0.25) is 24.8 Å². The highest BCUT2D eigenvalue weighted by molar-refractivity contribution is 6.00. The zero-order valence-electron chi connectivity index (χ0n) is 21.3. The van der Waals surface area contributed by atoms with Crippen LogP contribution < -0.4 is 5.32 Å². The summed E-state index contributed by atoms with van der Waals surface area (Å²) < 4.78 is 0. The van der Waals surface area contributed by atoms with E-state index in [-0.39, 0.29) is 11.8 Å². The van der Waals surface area contributed by atoms with Crippen molar-refractivity contribution in [3.8, 4) is 33.9 Å². The van der Waals surface area contributed by atoms with Crippen LogP contribution in [0.25, 0.3) is 55.7 Å². The van der Waals surface area contributed by atoms with Crippen molar-refractivity contribution >= 4 is 33.4 Å². The van der Waals surface area contributed by atoms with Crippen molar-refractivity contribution in [2.24, 2.45) is 5.92 Å². The summed E-state index contributed by atoms with van der Waals surface area (Å²) in [6.07, 6.45) is 12.5. The highest BCUT2D eigenvalue weighted by atomic mass is 16.1. The molecule has 1 aliphatic carbocycles. The first-order valence-corrected chi connectivity index (χ1v) is 13.4. The van der Waals surface area contributed by atoms with E-state index in [4.69, 9.17) is 0 Å². The van der Waals surface area contributed by atoms with Gasteiger partial charge in [0, 0.05) is 46.4 Å². The molecule has 5 aromatic heterocycles. The normalized spacial score (nSPS) is 14.2. The van der Waals surface area contributed by atoms with Crippen LogP contribution in [-0.2, 0) is 4.79 Å². The molecule has 6 aromatic rings. The van der Waals surface area contributed by atoms with Gasteiger partial charge in [-0.25, -0.2) is 0 Å². The average molecular weight is 514 g/mol. The summed E-state index contributed by atoms with van der Waals surface area (Å²) in [5, 5.41) is 12.9. The van der Waals surface area contributed by atoms with Crippen LogP contribution in [0.1, 0.15) is 32.1 Å². The Morgan fingerprint density at radius 2 is 1.72 bits per heavy atom. The molecule has 1 saturated carbocycles. The number of pyridine rings is 3. The van der Waals surface area contributed by atoms with Crippen molar-refractivity contribution in [2.45, 2.75) is 32.1 Å². The lowest BCUT2D eigenvalue weighted by Crippen LogP contribution is -2.24. The summed E-state index contributed by atoms with van der Waals surface area (Å²) in [5.74, 6) is 0.191. The van der Waals surface area contributed by atoms with Crippen LogP contribution in [0.3, 0.4) is 0 Å². The van der Waals surface area contributed by atoms with Gasteiger partial charge in [-0.15, -0.1) is 0 Å². The Hall–Kier alpha value is -4.85. The minimum Gasteiger partial charge on any atom is -0.353 e. The van der Waals surface area contributed by atoms with E-state index in [0.29, 0.717) is 0 Å². The number of amides is 1. The van der Waals surface area contributed by atoms with Gasteiger partial charge in [0.1, 0.15) is 5.69 Å². The Bertz CT molecular complexity index is 1800. The van der Waals surface area contributed by atoms with Crippen molar-refractivity contribution in [3.63, 3.8) is 0 Å². The number of carbonyl (C=O) groups excluding carboxylic acids is 1. The van der Waals surface area contributed by atoms with Gasteiger partial charge in [0.25, 0.3) is 0 Å². The van der Waals surface area contributed by atoms with Crippen molar-refractivity contribution in [2.75, 3.05) is 5.32 Å². The second kappa shape index (κ2) is 9.79. The molecule has 0 saturated heterocycles. The SMILES string of the molecule is O=C(Nc1cncc(-c2ccc3[nH]nc(-c4cc5c(-c6ccccn6)nccc5[nH]4)c3c2)c1)C1CCCCC1. The van der Waals surface area contributed by atoms with Crippen molar-refractivity contribution in [1.82, 2.24) is 30.1 Å². The monoisotopic (exact) mass is 513 g/mol. The van der Waals surface area contributed by atoms with Gasteiger partial charge in [-0.2, -0.15) is 5.10 Å². The molecule has 1 aromatic carbocycles. The van der Waals surface area contributed by atoms with Crippen LogP contribution >= 0.6 is 0 Å². The number of hydrogen-bond acceptors (Lipinski definition) is 5. The molecule has 8 nitrogen and oxygen atoms in total. The topological polar surface area (TPSA) is 112 Å². The van der Waals surface area contributed by atoms with E-state index in [1.165, 1.54) is 6.42 Å². The number of fused-ring (bicyclic) bond motifs is 2. The maximum absolute atomic E-state index is 12.8. The van der Waals surface area contributed by atoms with Crippen LogP contribution in [0.4, 0.5) is 5.69 Å². The molecule has 1 amide bonds. The van der Waals surface area contributed by atoms with Crippen molar-refractivity contribution < 1.29 is 4.79 Å². The van der Waals surface area contributed by atoms with Crippen molar-refractivity contribution in [1.29, 1.82) is 0 Å². The zero-order chi connectivity index (χ0) is 26.2. The fourth-order valence-corrected chi connectivity index (χ4v) is 5.56. The molecule has 0 atom stereocenters. The molecule has 0 aliphatic heterocycles. The number of hydrogen-bond donors (Lipinski definition) is 3. The van der Waals surface area contributed by atoms with E-state index in [0.717, 1.165) is 87.1 Å². The molecular formula is C31H27N7O. The quantitative estimate of drug-likeness (QED) is 0.236. The summed E-state index contributed by atoms with van der Waals surface area (Å²) in [6, 6.07) is 18.0. The Morgan fingerprint density at radius 3 is 2.59 bits per heavy atom. The predicted octanol–water partition coefficient (Wildman–Crippen LogP) is 6.75. The van der Waals surface area contributed by atoms with Gasteiger partial charge in [-0.05, 0) is 60.9 Å². The molecule has 192 valence electrons. The summed E-state index contributed by atoms with van der Waals surface area (Å²) in [4.78, 5) is 29.8. The number of nitrogens with zero attached hydrogens (tertiary/aromatic N) is 4. The molecule has 0 spiro atoms. The number of benzene rings is 1. The number of aromatic amines is 2. The maximum Gasteiger partial charge on any atom is 0.227 e. The van der Waals surface area contributed by atoms with E-state index in [1.54, 1.807) is 18.6 Å².